The van der Waals surface area contributed by atoms with Crippen LogP contribution in [-0.4, -0.2) is 52.9 Å². The van der Waals surface area contributed by atoms with Crippen LogP contribution in [0.3, 0.4) is 0 Å². The lowest BCUT2D eigenvalue weighted by molar-refractivity contribution is 0.0689. The van der Waals surface area contributed by atoms with Crippen molar-refractivity contribution in [1.29, 1.82) is 0 Å². The number of amides is 1. The van der Waals surface area contributed by atoms with Crippen molar-refractivity contribution >= 4 is 5.91 Å². The van der Waals surface area contributed by atoms with Crippen LogP contribution in [-0.2, 0) is 0 Å². The summed E-state index contributed by atoms with van der Waals surface area (Å²) in [4.78, 5) is 20.5. The number of rotatable bonds is 3. The first-order valence-electron chi connectivity index (χ1n) is 7.89. The Labute approximate surface area is 125 Å². The zero-order chi connectivity index (χ0) is 14.7. The largest absolute Gasteiger partial charge is 0.334 e. The molecule has 0 radical (unpaired) electrons. The van der Waals surface area contributed by atoms with E-state index in [1.165, 1.54) is 31.5 Å². The average molecular weight is 291 g/mol. The maximum atomic E-state index is 13.2. The number of pyridine rings is 1. The molecule has 1 amide bonds. The van der Waals surface area contributed by atoms with Gasteiger partial charge in [-0.2, -0.15) is 4.39 Å². The van der Waals surface area contributed by atoms with Gasteiger partial charge in [0.15, 0.2) is 0 Å². The third-order valence-corrected chi connectivity index (χ3v) is 4.53. The Morgan fingerprint density at radius 1 is 1.24 bits per heavy atom. The molecule has 2 aliphatic rings. The highest BCUT2D eigenvalue weighted by molar-refractivity contribution is 5.94. The van der Waals surface area contributed by atoms with Crippen LogP contribution in [0.4, 0.5) is 4.39 Å². The van der Waals surface area contributed by atoms with Crippen molar-refractivity contribution in [3.8, 4) is 0 Å². The van der Waals surface area contributed by atoms with Gasteiger partial charge in [-0.25, -0.2) is 4.98 Å². The molecular weight excluding hydrogens is 269 g/mol. The monoisotopic (exact) mass is 291 g/mol. The second kappa shape index (κ2) is 6.52. The molecule has 0 bridgehead atoms. The molecule has 0 aliphatic carbocycles. The number of hydrogen-bond donors (Lipinski definition) is 0. The fourth-order valence-corrected chi connectivity index (χ4v) is 3.43. The topological polar surface area (TPSA) is 36.4 Å². The Kier molecular flexibility index (Phi) is 4.48. The van der Waals surface area contributed by atoms with Gasteiger partial charge in [0.05, 0.1) is 0 Å². The predicted molar refractivity (Wildman–Crippen MR) is 78.5 cm³/mol. The van der Waals surface area contributed by atoms with E-state index < -0.39 is 5.95 Å². The molecule has 0 spiro atoms. The van der Waals surface area contributed by atoms with Crippen LogP contribution in [0.5, 0.6) is 0 Å². The molecule has 3 rings (SSSR count). The van der Waals surface area contributed by atoms with E-state index in [0.29, 0.717) is 5.56 Å². The van der Waals surface area contributed by atoms with E-state index in [0.717, 1.165) is 39.0 Å². The summed E-state index contributed by atoms with van der Waals surface area (Å²) in [5.41, 5.74) is 0.410. The van der Waals surface area contributed by atoms with Gasteiger partial charge in [-0.05, 0) is 44.8 Å². The highest BCUT2D eigenvalue weighted by Crippen LogP contribution is 2.22. The second-order valence-electron chi connectivity index (χ2n) is 6.02. The van der Waals surface area contributed by atoms with E-state index in [4.69, 9.17) is 0 Å². The number of nitrogens with zero attached hydrogens (tertiary/aromatic N) is 3. The Bertz CT molecular complexity index is 502. The van der Waals surface area contributed by atoms with Crippen LogP contribution in [0.15, 0.2) is 18.3 Å². The van der Waals surface area contributed by atoms with Crippen molar-refractivity contribution in [2.45, 2.75) is 38.1 Å². The molecule has 0 aromatic carbocycles. The molecular formula is C16H22FN3O. The molecule has 0 saturated carbocycles. The highest BCUT2D eigenvalue weighted by atomic mass is 19.1. The van der Waals surface area contributed by atoms with Crippen molar-refractivity contribution < 1.29 is 9.18 Å². The summed E-state index contributed by atoms with van der Waals surface area (Å²) in [5.74, 6) is -0.650. The summed E-state index contributed by atoms with van der Waals surface area (Å²) in [7, 11) is 0. The highest BCUT2D eigenvalue weighted by Gasteiger charge is 2.31. The molecule has 114 valence electrons. The zero-order valence-corrected chi connectivity index (χ0v) is 12.3. The normalized spacial score (nSPS) is 23.5. The van der Waals surface area contributed by atoms with Gasteiger partial charge in [-0.3, -0.25) is 4.79 Å². The molecule has 1 atom stereocenters. The van der Waals surface area contributed by atoms with Crippen LogP contribution in [0.1, 0.15) is 42.5 Å². The summed E-state index contributed by atoms with van der Waals surface area (Å²) >= 11 is 0. The van der Waals surface area contributed by atoms with Gasteiger partial charge >= 0.3 is 0 Å². The summed E-state index contributed by atoms with van der Waals surface area (Å²) < 4.78 is 13.2. The Balaban J connectivity index is 1.66. The van der Waals surface area contributed by atoms with Crippen LogP contribution < -0.4 is 0 Å². The van der Waals surface area contributed by atoms with Gasteiger partial charge in [0.1, 0.15) is 0 Å². The van der Waals surface area contributed by atoms with Crippen molar-refractivity contribution in [1.82, 2.24) is 14.8 Å². The standard InChI is InChI=1S/C16H22FN3O/c17-15-11-13(6-7-18-15)16(21)20-10-4-5-14(20)12-19-8-2-1-3-9-19/h6-7,11,14H,1-5,8-10,12H2. The fraction of sp³-hybridized carbons (Fsp3) is 0.625. The van der Waals surface area contributed by atoms with Gasteiger partial charge in [0.2, 0.25) is 5.95 Å². The predicted octanol–water partition coefficient (Wildman–Crippen LogP) is 2.31. The minimum atomic E-state index is -0.590. The van der Waals surface area contributed by atoms with E-state index >= 15 is 0 Å². The molecule has 0 N–H and O–H groups in total. The van der Waals surface area contributed by atoms with Crippen LogP contribution in [0.2, 0.25) is 0 Å². The molecule has 1 aromatic rings. The van der Waals surface area contributed by atoms with Gasteiger partial charge in [-0.1, -0.05) is 6.42 Å². The lowest BCUT2D eigenvalue weighted by atomic mass is 10.1. The summed E-state index contributed by atoms with van der Waals surface area (Å²) in [6, 6.07) is 3.10. The van der Waals surface area contributed by atoms with E-state index in [2.05, 4.69) is 9.88 Å². The summed E-state index contributed by atoms with van der Waals surface area (Å²) in [6.45, 7) is 4.02. The zero-order valence-electron chi connectivity index (χ0n) is 12.3. The van der Waals surface area contributed by atoms with E-state index in [1.54, 1.807) is 6.07 Å². The molecule has 5 heteroatoms. The number of carbonyl (C=O) groups is 1. The molecule has 2 saturated heterocycles. The second-order valence-corrected chi connectivity index (χ2v) is 6.02. The molecule has 21 heavy (non-hydrogen) atoms. The number of halogens is 1. The smallest absolute Gasteiger partial charge is 0.254 e. The van der Waals surface area contributed by atoms with Crippen molar-refractivity contribution in [2.75, 3.05) is 26.2 Å². The number of likely N-dealkylation sites (tertiary alicyclic amines) is 2. The first kappa shape index (κ1) is 14.4. The third kappa shape index (κ3) is 3.40. The van der Waals surface area contributed by atoms with Crippen LogP contribution in [0, 0.1) is 5.95 Å². The fourth-order valence-electron chi connectivity index (χ4n) is 3.43. The van der Waals surface area contributed by atoms with E-state index in [9.17, 15) is 9.18 Å². The Hall–Kier alpha value is -1.49. The van der Waals surface area contributed by atoms with Crippen molar-refractivity contribution in [2.24, 2.45) is 0 Å². The minimum Gasteiger partial charge on any atom is -0.334 e. The number of piperidine rings is 1. The number of aromatic nitrogens is 1. The number of hydrogen-bond acceptors (Lipinski definition) is 3. The van der Waals surface area contributed by atoms with Gasteiger partial charge < -0.3 is 9.80 Å². The van der Waals surface area contributed by atoms with Gasteiger partial charge in [0.25, 0.3) is 5.91 Å². The SMILES string of the molecule is O=C(c1ccnc(F)c1)N1CCCC1CN1CCCCC1. The van der Waals surface area contributed by atoms with Crippen LogP contribution in [0.25, 0.3) is 0 Å². The maximum Gasteiger partial charge on any atom is 0.254 e. The molecule has 2 fully saturated rings. The first-order valence-corrected chi connectivity index (χ1v) is 7.89. The van der Waals surface area contributed by atoms with Gasteiger partial charge in [0, 0.05) is 37.0 Å². The van der Waals surface area contributed by atoms with E-state index in [-0.39, 0.29) is 11.9 Å². The lowest BCUT2D eigenvalue weighted by Crippen LogP contribution is -2.44. The van der Waals surface area contributed by atoms with Crippen molar-refractivity contribution in [3.05, 3.63) is 29.8 Å². The molecule has 1 unspecified atom stereocenters. The van der Waals surface area contributed by atoms with Crippen molar-refractivity contribution in [3.63, 3.8) is 0 Å². The summed E-state index contributed by atoms with van der Waals surface area (Å²) in [6.07, 6.45) is 7.29. The molecule has 4 nitrogen and oxygen atoms in total. The minimum absolute atomic E-state index is 0.0594. The quantitative estimate of drug-likeness (QED) is 0.802. The maximum absolute atomic E-state index is 13.2. The lowest BCUT2D eigenvalue weighted by Gasteiger charge is -2.33. The van der Waals surface area contributed by atoms with E-state index in [1.807, 2.05) is 4.90 Å². The first-order chi connectivity index (χ1) is 10.2. The molecule has 2 aliphatic heterocycles. The summed E-state index contributed by atoms with van der Waals surface area (Å²) in [5, 5.41) is 0. The Morgan fingerprint density at radius 2 is 2.05 bits per heavy atom. The van der Waals surface area contributed by atoms with Crippen LogP contribution >= 0.6 is 0 Å². The molecule has 1 aromatic heterocycles. The average Bonchev–Trinajstić information content (AvgIpc) is 2.95. The Morgan fingerprint density at radius 3 is 2.81 bits per heavy atom. The third-order valence-electron chi connectivity index (χ3n) is 4.53. The molecule has 3 heterocycles. The van der Waals surface area contributed by atoms with Gasteiger partial charge in [-0.15, -0.1) is 0 Å². The number of carbonyl (C=O) groups excluding carboxylic acids is 1.